The van der Waals surface area contributed by atoms with Crippen molar-refractivity contribution in [3.8, 4) is 0 Å². The van der Waals surface area contributed by atoms with E-state index in [1.54, 1.807) is 20.8 Å². The van der Waals surface area contributed by atoms with Crippen LogP contribution in [0, 0.1) is 11.2 Å². The Labute approximate surface area is 121 Å². The number of benzene rings is 1. The summed E-state index contributed by atoms with van der Waals surface area (Å²) in [6.07, 6.45) is -5.74. The number of hydrogen-bond donors (Lipinski definition) is 2. The zero-order valence-corrected chi connectivity index (χ0v) is 12.1. The van der Waals surface area contributed by atoms with Crippen LogP contribution in [0.25, 0.3) is 0 Å². The predicted octanol–water partition coefficient (Wildman–Crippen LogP) is 3.67. The summed E-state index contributed by atoms with van der Waals surface area (Å²) >= 11 is 0. The maximum Gasteiger partial charge on any atom is 0.416 e. The fourth-order valence-electron chi connectivity index (χ4n) is 1.68. The van der Waals surface area contributed by atoms with Gasteiger partial charge in [-0.25, -0.2) is 4.39 Å². The van der Waals surface area contributed by atoms with Gasteiger partial charge in [0.25, 0.3) is 0 Å². The molecule has 1 aromatic carbocycles. The van der Waals surface area contributed by atoms with E-state index >= 15 is 0 Å². The third-order valence-corrected chi connectivity index (χ3v) is 2.91. The van der Waals surface area contributed by atoms with Gasteiger partial charge in [0.05, 0.1) is 17.7 Å². The highest BCUT2D eigenvalue weighted by molar-refractivity contribution is 5.85. The standard InChI is InChI=1S/C13H17F4NO.ClH/c1-12(2,3)11(19)10(18)8-6-7(13(15,16)17)4-5-9(8)14;/h4-6,10-11,19H,18H2,1-3H3;1H/t10-,11-;/m1./s1. The molecule has 0 saturated heterocycles. The molecule has 0 spiro atoms. The summed E-state index contributed by atoms with van der Waals surface area (Å²) in [5.41, 5.74) is 3.69. The minimum absolute atomic E-state index is 0. The van der Waals surface area contributed by atoms with Crippen molar-refractivity contribution in [2.75, 3.05) is 0 Å². The zero-order valence-electron chi connectivity index (χ0n) is 11.3. The molecule has 116 valence electrons. The van der Waals surface area contributed by atoms with Crippen molar-refractivity contribution in [1.29, 1.82) is 0 Å². The maximum atomic E-state index is 13.6. The third-order valence-electron chi connectivity index (χ3n) is 2.91. The first-order valence-corrected chi connectivity index (χ1v) is 5.75. The smallest absolute Gasteiger partial charge is 0.391 e. The molecule has 1 rings (SSSR count). The SMILES string of the molecule is CC(C)(C)[C@H](O)[C@H](N)c1cc(C(F)(F)F)ccc1F.Cl. The molecule has 0 amide bonds. The number of nitrogens with two attached hydrogens (primary N) is 1. The highest BCUT2D eigenvalue weighted by Gasteiger charge is 2.34. The molecule has 1 aromatic rings. The Bertz CT molecular complexity index is 457. The molecular weight excluding hydrogens is 298 g/mol. The summed E-state index contributed by atoms with van der Waals surface area (Å²) in [6.45, 7) is 5.01. The van der Waals surface area contributed by atoms with Gasteiger partial charge >= 0.3 is 6.18 Å². The average molecular weight is 316 g/mol. The van der Waals surface area contributed by atoms with Crippen LogP contribution >= 0.6 is 12.4 Å². The topological polar surface area (TPSA) is 46.2 Å². The predicted molar refractivity (Wildman–Crippen MR) is 71.0 cm³/mol. The van der Waals surface area contributed by atoms with Gasteiger partial charge in [0.2, 0.25) is 0 Å². The lowest BCUT2D eigenvalue weighted by Gasteiger charge is -2.31. The highest BCUT2D eigenvalue weighted by atomic mass is 35.5. The van der Waals surface area contributed by atoms with Gasteiger partial charge in [-0.05, 0) is 23.6 Å². The van der Waals surface area contributed by atoms with Crippen LogP contribution in [0.5, 0.6) is 0 Å². The van der Waals surface area contributed by atoms with Crippen LogP contribution in [0.15, 0.2) is 18.2 Å². The van der Waals surface area contributed by atoms with Gasteiger partial charge in [-0.3, -0.25) is 0 Å². The van der Waals surface area contributed by atoms with Gasteiger partial charge in [-0.15, -0.1) is 12.4 Å². The van der Waals surface area contributed by atoms with Crippen LogP contribution in [0.4, 0.5) is 17.6 Å². The molecule has 20 heavy (non-hydrogen) atoms. The summed E-state index contributed by atoms with van der Waals surface area (Å²) in [6, 6.07) is 0.791. The van der Waals surface area contributed by atoms with E-state index in [9.17, 15) is 22.7 Å². The number of rotatable bonds is 2. The molecular formula is C13H18ClF4NO. The van der Waals surface area contributed by atoms with Crippen molar-refractivity contribution < 1.29 is 22.7 Å². The molecule has 0 aliphatic heterocycles. The summed E-state index contributed by atoms with van der Waals surface area (Å²) in [5.74, 6) is -0.858. The van der Waals surface area contributed by atoms with Crippen LogP contribution in [0.2, 0.25) is 0 Å². The van der Waals surface area contributed by atoms with Gasteiger partial charge in [0.1, 0.15) is 5.82 Å². The van der Waals surface area contributed by atoms with E-state index in [0.717, 1.165) is 0 Å². The van der Waals surface area contributed by atoms with Crippen molar-refractivity contribution in [3.63, 3.8) is 0 Å². The summed E-state index contributed by atoms with van der Waals surface area (Å²) in [5, 5.41) is 9.95. The molecule has 7 heteroatoms. The van der Waals surface area contributed by atoms with Gasteiger partial charge in [-0.2, -0.15) is 13.2 Å². The molecule has 0 heterocycles. The number of aliphatic hydroxyl groups is 1. The van der Waals surface area contributed by atoms with Gasteiger partial charge in [0, 0.05) is 5.56 Å². The Kier molecular flexibility index (Phi) is 6.02. The molecule has 0 fully saturated rings. The largest absolute Gasteiger partial charge is 0.416 e. The second kappa shape index (κ2) is 6.28. The Morgan fingerprint density at radius 3 is 2.05 bits per heavy atom. The maximum absolute atomic E-state index is 13.6. The minimum atomic E-state index is -4.57. The molecule has 0 aromatic heterocycles. The first-order valence-electron chi connectivity index (χ1n) is 5.75. The number of hydrogen-bond acceptors (Lipinski definition) is 2. The Hall–Kier alpha value is -0.850. The summed E-state index contributed by atoms with van der Waals surface area (Å²) in [4.78, 5) is 0. The minimum Gasteiger partial charge on any atom is -0.391 e. The van der Waals surface area contributed by atoms with E-state index in [4.69, 9.17) is 5.73 Å². The second-order valence-corrected chi connectivity index (χ2v) is 5.57. The quantitative estimate of drug-likeness (QED) is 0.818. The van der Waals surface area contributed by atoms with E-state index in [-0.39, 0.29) is 18.0 Å². The fourth-order valence-corrected chi connectivity index (χ4v) is 1.68. The molecule has 0 unspecified atom stereocenters. The molecule has 0 aliphatic carbocycles. The normalized spacial score (nSPS) is 15.4. The zero-order chi connectivity index (χ0) is 15.0. The number of aliphatic hydroxyl groups excluding tert-OH is 1. The van der Waals surface area contributed by atoms with Crippen molar-refractivity contribution in [2.45, 2.75) is 39.1 Å². The Morgan fingerprint density at radius 2 is 1.65 bits per heavy atom. The average Bonchev–Trinajstić information content (AvgIpc) is 2.25. The van der Waals surface area contributed by atoms with Gasteiger partial charge in [0.15, 0.2) is 0 Å². The van der Waals surface area contributed by atoms with Crippen molar-refractivity contribution in [2.24, 2.45) is 11.1 Å². The first kappa shape index (κ1) is 19.1. The molecule has 0 saturated carbocycles. The highest BCUT2D eigenvalue weighted by Crippen LogP contribution is 2.34. The van der Waals surface area contributed by atoms with Crippen LogP contribution in [0.1, 0.15) is 37.9 Å². The van der Waals surface area contributed by atoms with Gasteiger partial charge < -0.3 is 10.8 Å². The third kappa shape index (κ3) is 4.33. The number of halogens is 5. The monoisotopic (exact) mass is 315 g/mol. The lowest BCUT2D eigenvalue weighted by Crippen LogP contribution is -2.37. The van der Waals surface area contributed by atoms with Crippen LogP contribution < -0.4 is 5.73 Å². The van der Waals surface area contributed by atoms with Crippen LogP contribution in [-0.2, 0) is 6.18 Å². The second-order valence-electron chi connectivity index (χ2n) is 5.57. The lowest BCUT2D eigenvalue weighted by molar-refractivity contribution is -0.137. The van der Waals surface area contributed by atoms with Crippen LogP contribution in [-0.4, -0.2) is 11.2 Å². The Balaban J connectivity index is 0.00000361. The van der Waals surface area contributed by atoms with E-state index < -0.39 is 35.1 Å². The summed E-state index contributed by atoms with van der Waals surface area (Å²) < 4.78 is 51.3. The van der Waals surface area contributed by atoms with Gasteiger partial charge in [-0.1, -0.05) is 20.8 Å². The molecule has 0 radical (unpaired) electrons. The molecule has 0 aliphatic rings. The summed E-state index contributed by atoms with van der Waals surface area (Å²) in [7, 11) is 0. The van der Waals surface area contributed by atoms with Crippen molar-refractivity contribution in [1.82, 2.24) is 0 Å². The molecule has 0 bridgehead atoms. The van der Waals surface area contributed by atoms with E-state index in [1.807, 2.05) is 0 Å². The van der Waals surface area contributed by atoms with E-state index in [2.05, 4.69) is 0 Å². The van der Waals surface area contributed by atoms with Crippen LogP contribution in [0.3, 0.4) is 0 Å². The van der Waals surface area contributed by atoms with Crippen molar-refractivity contribution >= 4 is 12.4 Å². The number of alkyl halides is 3. The molecule has 2 nitrogen and oxygen atoms in total. The lowest BCUT2D eigenvalue weighted by atomic mass is 9.82. The first-order chi connectivity index (χ1) is 8.44. The molecule has 2 atom stereocenters. The fraction of sp³-hybridized carbons (Fsp3) is 0.538. The van der Waals surface area contributed by atoms with Crippen molar-refractivity contribution in [3.05, 3.63) is 35.1 Å². The molecule has 3 N–H and O–H groups in total. The van der Waals surface area contributed by atoms with E-state index in [1.165, 1.54) is 0 Å². The van der Waals surface area contributed by atoms with E-state index in [0.29, 0.717) is 18.2 Å². The Morgan fingerprint density at radius 1 is 1.15 bits per heavy atom.